The molecule has 28 heavy (non-hydrogen) atoms. The van der Waals surface area contributed by atoms with Gasteiger partial charge in [0.2, 0.25) is 0 Å². The molecule has 146 valence electrons. The van der Waals surface area contributed by atoms with Crippen molar-refractivity contribution >= 4 is 23.1 Å². The van der Waals surface area contributed by atoms with Crippen LogP contribution in [0, 0.1) is 0 Å². The average molecular weight is 382 g/mol. The summed E-state index contributed by atoms with van der Waals surface area (Å²) in [4.78, 5) is 26.4. The number of carbonyl (C=O) groups excluding carboxylic acids is 2. The van der Waals surface area contributed by atoms with Gasteiger partial charge in [-0.1, -0.05) is 12.1 Å². The summed E-state index contributed by atoms with van der Waals surface area (Å²) in [6, 6.07) is 12.3. The number of rotatable bonds is 7. The maximum Gasteiger partial charge on any atom is 0.277 e. The van der Waals surface area contributed by atoms with Crippen molar-refractivity contribution in [3.63, 3.8) is 0 Å². The van der Waals surface area contributed by atoms with E-state index in [1.54, 1.807) is 49.6 Å². The number of hydrogen-bond donors (Lipinski definition) is 1. The minimum Gasteiger partial charge on any atom is -0.494 e. The molecule has 2 aromatic rings. The van der Waals surface area contributed by atoms with Crippen LogP contribution in [0.2, 0.25) is 0 Å². The normalized spacial score (nSPS) is 13.8. The Hall–Kier alpha value is -3.48. The molecular weight excluding hydrogens is 360 g/mol. The topological polar surface area (TPSA) is 77.1 Å². The summed E-state index contributed by atoms with van der Waals surface area (Å²) < 4.78 is 16.0. The summed E-state index contributed by atoms with van der Waals surface area (Å²) in [5.41, 5.74) is 1.76. The molecule has 2 aromatic carbocycles. The van der Waals surface area contributed by atoms with Crippen molar-refractivity contribution in [2.75, 3.05) is 33.2 Å². The highest BCUT2D eigenvalue weighted by atomic mass is 16.5. The third-order valence-corrected chi connectivity index (χ3v) is 4.39. The van der Waals surface area contributed by atoms with Gasteiger partial charge in [-0.2, -0.15) is 0 Å². The van der Waals surface area contributed by atoms with Crippen LogP contribution in [0.1, 0.15) is 12.5 Å². The maximum atomic E-state index is 12.7. The fourth-order valence-corrected chi connectivity index (χ4v) is 2.97. The third kappa shape index (κ3) is 3.51. The minimum absolute atomic E-state index is 0.212. The number of carbonyl (C=O) groups is 2. The van der Waals surface area contributed by atoms with E-state index in [0.717, 1.165) is 4.90 Å². The Morgan fingerprint density at radius 3 is 2.21 bits per heavy atom. The first-order chi connectivity index (χ1) is 13.5. The highest BCUT2D eigenvalue weighted by molar-refractivity contribution is 6.36. The van der Waals surface area contributed by atoms with Crippen molar-refractivity contribution < 1.29 is 23.8 Å². The van der Waals surface area contributed by atoms with Gasteiger partial charge in [0.25, 0.3) is 11.8 Å². The Balaban J connectivity index is 2.01. The Morgan fingerprint density at radius 1 is 0.929 bits per heavy atom. The van der Waals surface area contributed by atoms with Gasteiger partial charge in [0.05, 0.1) is 26.4 Å². The second kappa shape index (κ2) is 8.04. The molecule has 2 amide bonds. The summed E-state index contributed by atoms with van der Waals surface area (Å²) in [6.45, 7) is 2.45. The van der Waals surface area contributed by atoms with Gasteiger partial charge in [-0.05, 0) is 36.8 Å². The second-order valence-corrected chi connectivity index (χ2v) is 6.07. The van der Waals surface area contributed by atoms with Crippen LogP contribution in [-0.4, -0.2) is 44.6 Å². The van der Waals surface area contributed by atoms with Crippen LogP contribution in [0.3, 0.4) is 0 Å². The maximum absolute atomic E-state index is 12.7. The smallest absolute Gasteiger partial charge is 0.277 e. The number of likely N-dealkylation sites (N-methyl/N-ethyl adjacent to an activating group) is 1. The lowest BCUT2D eigenvalue weighted by atomic mass is 10.0. The number of hydrogen-bond acceptors (Lipinski definition) is 6. The molecule has 1 N–H and O–H groups in total. The Labute approximate surface area is 163 Å². The molecule has 0 aliphatic carbocycles. The highest BCUT2D eigenvalue weighted by Gasteiger charge is 2.36. The molecule has 0 atom stereocenters. The first kappa shape index (κ1) is 19.3. The van der Waals surface area contributed by atoms with E-state index in [-0.39, 0.29) is 11.6 Å². The van der Waals surface area contributed by atoms with Gasteiger partial charge >= 0.3 is 0 Å². The molecule has 1 aliphatic rings. The predicted molar refractivity (Wildman–Crippen MR) is 105 cm³/mol. The third-order valence-electron chi connectivity index (χ3n) is 4.39. The number of ether oxygens (including phenoxy) is 3. The zero-order valence-corrected chi connectivity index (χ0v) is 16.2. The molecule has 0 fully saturated rings. The lowest BCUT2D eigenvalue weighted by molar-refractivity contribution is -0.135. The fourth-order valence-electron chi connectivity index (χ4n) is 2.97. The molecule has 0 aromatic heterocycles. The van der Waals surface area contributed by atoms with E-state index in [1.807, 2.05) is 6.92 Å². The molecule has 3 rings (SSSR count). The number of nitrogens with zero attached hydrogens (tertiary/aromatic N) is 1. The van der Waals surface area contributed by atoms with Crippen LogP contribution >= 0.6 is 0 Å². The largest absolute Gasteiger partial charge is 0.494 e. The van der Waals surface area contributed by atoms with Crippen molar-refractivity contribution in [1.82, 2.24) is 4.90 Å². The van der Waals surface area contributed by atoms with E-state index < -0.39 is 5.91 Å². The van der Waals surface area contributed by atoms with E-state index >= 15 is 0 Å². The summed E-state index contributed by atoms with van der Waals surface area (Å²) >= 11 is 0. The summed E-state index contributed by atoms with van der Waals surface area (Å²) in [5, 5.41) is 3.07. The number of benzene rings is 2. The summed E-state index contributed by atoms with van der Waals surface area (Å²) in [7, 11) is 4.54. The van der Waals surface area contributed by atoms with Crippen LogP contribution in [0.25, 0.3) is 5.57 Å². The zero-order valence-electron chi connectivity index (χ0n) is 16.2. The van der Waals surface area contributed by atoms with E-state index in [2.05, 4.69) is 5.32 Å². The number of methoxy groups -OCH3 is 2. The van der Waals surface area contributed by atoms with Gasteiger partial charge in [-0.15, -0.1) is 0 Å². The molecule has 0 saturated carbocycles. The lowest BCUT2D eigenvalue weighted by Gasteiger charge is -2.12. The number of imide groups is 1. The van der Waals surface area contributed by atoms with Crippen molar-refractivity contribution in [1.29, 1.82) is 0 Å². The van der Waals surface area contributed by atoms with Gasteiger partial charge in [0.1, 0.15) is 11.4 Å². The number of amides is 2. The van der Waals surface area contributed by atoms with Crippen LogP contribution in [0.5, 0.6) is 17.2 Å². The second-order valence-electron chi connectivity index (χ2n) is 6.07. The molecule has 0 spiro atoms. The van der Waals surface area contributed by atoms with Gasteiger partial charge < -0.3 is 19.5 Å². The lowest BCUT2D eigenvalue weighted by Crippen LogP contribution is -2.27. The number of anilines is 1. The molecule has 0 saturated heterocycles. The Morgan fingerprint density at radius 2 is 1.61 bits per heavy atom. The van der Waals surface area contributed by atoms with Crippen molar-refractivity contribution in [2.24, 2.45) is 0 Å². The van der Waals surface area contributed by atoms with Gasteiger partial charge in [0, 0.05) is 18.8 Å². The highest BCUT2D eigenvalue weighted by Crippen LogP contribution is 2.34. The zero-order chi connectivity index (χ0) is 20.3. The van der Waals surface area contributed by atoms with Gasteiger partial charge in [-0.25, -0.2) is 0 Å². The predicted octanol–water partition coefficient (Wildman–Crippen LogP) is 2.92. The van der Waals surface area contributed by atoms with E-state index in [4.69, 9.17) is 14.2 Å². The molecule has 1 heterocycles. The molecule has 1 aliphatic heterocycles. The molecule has 7 heteroatoms. The van der Waals surface area contributed by atoms with Crippen molar-refractivity contribution in [3.8, 4) is 17.2 Å². The Bertz CT molecular complexity index is 934. The van der Waals surface area contributed by atoms with E-state index in [1.165, 1.54) is 14.2 Å². The van der Waals surface area contributed by atoms with Gasteiger partial charge in [-0.3, -0.25) is 14.5 Å². The fraction of sp³-hybridized carbons (Fsp3) is 0.238. The molecule has 0 radical (unpaired) electrons. The molecule has 0 bridgehead atoms. The van der Waals surface area contributed by atoms with E-state index in [9.17, 15) is 9.59 Å². The quantitative estimate of drug-likeness (QED) is 0.742. The van der Waals surface area contributed by atoms with Gasteiger partial charge in [0.15, 0.2) is 11.5 Å². The molecular formula is C21H22N2O5. The van der Waals surface area contributed by atoms with E-state index in [0.29, 0.717) is 40.7 Å². The van der Waals surface area contributed by atoms with Crippen molar-refractivity contribution in [3.05, 3.63) is 53.7 Å². The average Bonchev–Trinajstić information content (AvgIpc) is 2.92. The standard InChI is InChI=1S/C21H22N2O5/c1-5-28-15-9-6-13(7-10-15)18-19(21(25)23(2)20(18)24)22-14-8-11-16(26-3)17(12-14)27-4/h6-12,22H,5H2,1-4H3. The van der Waals surface area contributed by atoms with Crippen LogP contribution in [-0.2, 0) is 9.59 Å². The number of nitrogens with one attached hydrogen (secondary N) is 1. The van der Waals surface area contributed by atoms with Crippen LogP contribution in [0.15, 0.2) is 48.2 Å². The summed E-state index contributed by atoms with van der Waals surface area (Å²) in [6.07, 6.45) is 0. The van der Waals surface area contributed by atoms with Crippen molar-refractivity contribution in [2.45, 2.75) is 6.92 Å². The first-order valence-corrected chi connectivity index (χ1v) is 8.79. The van der Waals surface area contributed by atoms with Crippen LogP contribution in [0.4, 0.5) is 5.69 Å². The molecule has 0 unspecified atom stereocenters. The van der Waals surface area contributed by atoms with Crippen LogP contribution < -0.4 is 19.5 Å². The first-order valence-electron chi connectivity index (χ1n) is 8.79. The minimum atomic E-state index is -0.399. The Kier molecular flexibility index (Phi) is 5.54. The monoisotopic (exact) mass is 382 g/mol. The SMILES string of the molecule is CCOc1ccc(C2=C(Nc3ccc(OC)c(OC)c3)C(=O)N(C)C2=O)cc1. The molecule has 7 nitrogen and oxygen atoms in total. The summed E-state index contributed by atoms with van der Waals surface area (Å²) in [5.74, 6) is 1.02.